The fraction of sp³-hybridized carbons (Fsp3) is 0.471. The average Bonchev–Trinajstić information content (AvgIpc) is 2.78. The lowest BCUT2D eigenvalue weighted by Crippen LogP contribution is -1.95. The van der Waals surface area contributed by atoms with E-state index >= 15 is 0 Å². The van der Waals surface area contributed by atoms with Gasteiger partial charge in [-0.05, 0) is 30.5 Å². The fourth-order valence-corrected chi connectivity index (χ4v) is 4.05. The Hall–Kier alpha value is -1.55. The van der Waals surface area contributed by atoms with Gasteiger partial charge in [0.2, 0.25) is 0 Å². The number of hydrogen-bond acceptors (Lipinski definition) is 3. The number of methoxy groups -OCH3 is 1. The van der Waals surface area contributed by atoms with Crippen LogP contribution in [0.5, 0.6) is 5.19 Å². The van der Waals surface area contributed by atoms with Crippen LogP contribution < -0.4 is 10.5 Å². The van der Waals surface area contributed by atoms with Gasteiger partial charge in [-0.3, -0.25) is 0 Å². The molecule has 0 aliphatic rings. The lowest BCUT2D eigenvalue weighted by atomic mass is 10.1. The molecule has 0 saturated carbocycles. The van der Waals surface area contributed by atoms with E-state index < -0.39 is 0 Å². The molecule has 3 nitrogen and oxygen atoms in total. The molecule has 1 unspecified atom stereocenters. The minimum Gasteiger partial charge on any atom is -0.441 e. The minimum absolute atomic E-state index is 0.0136. The first-order valence-electron chi connectivity index (χ1n) is 7.50. The van der Waals surface area contributed by atoms with Gasteiger partial charge in [-0.2, -0.15) is 4.98 Å². The third kappa shape index (κ3) is 3.97. The van der Waals surface area contributed by atoms with Gasteiger partial charge in [0.25, 0.3) is 0 Å². The van der Waals surface area contributed by atoms with Gasteiger partial charge in [0.15, 0.2) is 4.88 Å². The van der Waals surface area contributed by atoms with Crippen LogP contribution in [-0.4, -0.2) is 12.1 Å². The Morgan fingerprint density at radius 2 is 1.90 bits per heavy atom. The highest BCUT2D eigenvalue weighted by Crippen LogP contribution is 2.37. The molecule has 0 aliphatic carbocycles. The normalized spacial score (nSPS) is 11.7. The molecule has 21 heavy (non-hydrogen) atoms. The molecule has 114 valence electrons. The first-order chi connectivity index (χ1) is 10.2. The van der Waals surface area contributed by atoms with Crippen molar-refractivity contribution in [3.05, 3.63) is 40.4 Å². The van der Waals surface area contributed by atoms with Crippen molar-refractivity contribution in [2.45, 2.75) is 39.0 Å². The molecule has 2 N–H and O–H groups in total. The number of thiazole rings is 1. The van der Waals surface area contributed by atoms with Crippen LogP contribution in [0.3, 0.4) is 0 Å². The summed E-state index contributed by atoms with van der Waals surface area (Å²) in [5.74, 6) is 0. The van der Waals surface area contributed by atoms with Gasteiger partial charge in [0, 0.05) is 22.6 Å². The van der Waals surface area contributed by atoms with Crippen molar-refractivity contribution in [2.24, 2.45) is 6.26 Å². The zero-order valence-corrected chi connectivity index (χ0v) is 14.0. The quantitative estimate of drug-likeness (QED) is 0.472. The van der Waals surface area contributed by atoms with Gasteiger partial charge >= 0.3 is 5.19 Å². The topological polar surface area (TPSA) is 48.1 Å². The number of nitrogens with zero attached hydrogens (tertiary/aromatic N) is 1. The van der Waals surface area contributed by atoms with Crippen molar-refractivity contribution in [3.63, 3.8) is 0 Å². The van der Waals surface area contributed by atoms with E-state index in [-0.39, 0.29) is 10.5 Å². The highest BCUT2D eigenvalue weighted by molar-refractivity contribution is 7.31. The minimum atomic E-state index is -0.0136. The zero-order chi connectivity index (χ0) is 15.2. The second-order valence-electron chi connectivity index (χ2n) is 5.34. The number of nitrogens with two attached hydrogens (primary N) is 1. The van der Waals surface area contributed by atoms with Crippen LogP contribution in [0.2, 0.25) is 0 Å². The number of hydrogen-bond donors (Lipinski definition) is 1. The highest BCUT2D eigenvalue weighted by atomic mass is 32.2. The van der Waals surface area contributed by atoms with E-state index in [9.17, 15) is 0 Å². The van der Waals surface area contributed by atoms with E-state index in [2.05, 4.69) is 25.3 Å². The Labute approximate surface area is 130 Å². The van der Waals surface area contributed by atoms with E-state index in [1.165, 1.54) is 35.4 Å². The van der Waals surface area contributed by atoms with E-state index in [1.807, 2.05) is 12.1 Å². The van der Waals surface area contributed by atoms with Crippen LogP contribution >= 0.6 is 10.5 Å². The summed E-state index contributed by atoms with van der Waals surface area (Å²) < 4.78 is 5.45. The Morgan fingerprint density at radius 3 is 2.52 bits per heavy atom. The summed E-state index contributed by atoms with van der Waals surface area (Å²) in [5, 5.41) is 0.881. The third-order valence-electron chi connectivity index (χ3n) is 3.72. The third-order valence-corrected chi connectivity index (χ3v) is 5.62. The van der Waals surface area contributed by atoms with Gasteiger partial charge < -0.3 is 10.5 Å². The lowest BCUT2D eigenvalue weighted by molar-refractivity contribution is 0.409. The van der Waals surface area contributed by atoms with Crippen LogP contribution in [0, 0.1) is 0 Å². The van der Waals surface area contributed by atoms with Crippen molar-refractivity contribution in [1.29, 1.82) is 0 Å². The van der Waals surface area contributed by atoms with Gasteiger partial charge in [-0.25, -0.2) is 0 Å². The average molecular weight is 305 g/mol. The number of nitrogen functional groups attached to an aromatic ring is 1. The number of anilines is 1. The van der Waals surface area contributed by atoms with E-state index in [0.29, 0.717) is 0 Å². The maximum Gasteiger partial charge on any atom is 0.434 e. The maximum atomic E-state index is 5.76. The van der Waals surface area contributed by atoms with Gasteiger partial charge in [-0.1, -0.05) is 31.9 Å². The number of benzene rings is 1. The Kier molecular flexibility index (Phi) is 5.62. The summed E-state index contributed by atoms with van der Waals surface area (Å²) in [7, 11) is 1.71. The fourth-order valence-electron chi connectivity index (χ4n) is 2.46. The van der Waals surface area contributed by atoms with E-state index in [1.54, 1.807) is 7.11 Å². The van der Waals surface area contributed by atoms with Crippen molar-refractivity contribution >= 4 is 16.2 Å². The second-order valence-corrected chi connectivity index (χ2v) is 7.20. The number of ether oxygens (including phenoxy) is 1. The first kappa shape index (κ1) is 15.8. The molecule has 2 aromatic rings. The van der Waals surface area contributed by atoms with Gasteiger partial charge in [0.1, 0.15) is 11.9 Å². The number of unbranched alkanes of at least 4 members (excludes halogenated alkanes) is 2. The number of aryl methyl sites for hydroxylation is 1. The zero-order valence-electron chi connectivity index (χ0n) is 13.2. The van der Waals surface area contributed by atoms with Crippen molar-refractivity contribution in [3.8, 4) is 5.19 Å². The molecule has 2 rings (SSSR count). The molecule has 1 heterocycles. The van der Waals surface area contributed by atoms with E-state index in [0.717, 1.165) is 23.7 Å². The molecule has 0 fully saturated rings. The molecule has 0 radical (unpaired) electrons. The molecule has 1 aromatic heterocycles. The predicted octanol–water partition coefficient (Wildman–Crippen LogP) is 4.28. The largest absolute Gasteiger partial charge is 0.441 e. The monoisotopic (exact) mass is 305 g/mol. The number of aromatic nitrogens is 1. The molecule has 0 aliphatic heterocycles. The summed E-state index contributed by atoms with van der Waals surface area (Å²) >= 11 is 0. The van der Waals surface area contributed by atoms with Crippen molar-refractivity contribution in [2.75, 3.05) is 12.8 Å². The Morgan fingerprint density at radius 1 is 1.19 bits per heavy atom. The first-order valence-corrected chi connectivity index (χ1v) is 9.14. The van der Waals surface area contributed by atoms with Crippen LogP contribution in [0.15, 0.2) is 24.3 Å². The van der Waals surface area contributed by atoms with Crippen molar-refractivity contribution in [1.82, 2.24) is 4.98 Å². The lowest BCUT2D eigenvalue weighted by Gasteiger charge is -2.01. The molecule has 0 saturated heterocycles. The standard InChI is InChI=1S/C17H25N2OS/c1-4-5-6-7-15-16(21(3)17(19-15)20-2)12-13-8-10-14(18)11-9-13/h8-11H,4-7,12,18H2,1-3H3/q+1. The van der Waals surface area contributed by atoms with E-state index in [4.69, 9.17) is 15.5 Å². The summed E-state index contributed by atoms with van der Waals surface area (Å²) in [6.45, 7) is 2.23. The van der Waals surface area contributed by atoms with Crippen molar-refractivity contribution < 1.29 is 4.74 Å². The van der Waals surface area contributed by atoms with Gasteiger partial charge in [0.05, 0.1) is 7.11 Å². The number of rotatable bonds is 7. The van der Waals surface area contributed by atoms with Gasteiger partial charge in [-0.15, -0.1) is 0 Å². The summed E-state index contributed by atoms with van der Waals surface area (Å²) in [4.78, 5) is 6.14. The molecule has 0 amide bonds. The maximum absolute atomic E-state index is 5.76. The molecule has 1 atom stereocenters. The molecule has 4 heteroatoms. The Balaban J connectivity index is 2.22. The molecule has 1 aromatic carbocycles. The molecule has 0 spiro atoms. The van der Waals surface area contributed by atoms with Crippen LogP contribution in [-0.2, 0) is 19.1 Å². The summed E-state index contributed by atoms with van der Waals surface area (Å²) in [5.41, 5.74) is 9.10. The SMILES string of the molecule is CCCCCc1nc(OC)[s+](C)c1Cc1ccc(N)cc1. The molecule has 0 bridgehead atoms. The smallest absolute Gasteiger partial charge is 0.434 e. The predicted molar refractivity (Wildman–Crippen MR) is 91.1 cm³/mol. The van der Waals surface area contributed by atoms with Crippen LogP contribution in [0.25, 0.3) is 0 Å². The van der Waals surface area contributed by atoms with Crippen LogP contribution in [0.1, 0.15) is 42.3 Å². The molecular weight excluding hydrogens is 280 g/mol. The highest BCUT2D eigenvalue weighted by Gasteiger charge is 2.25. The summed E-state index contributed by atoms with van der Waals surface area (Å²) in [6.07, 6.45) is 7.91. The molecular formula is C17H25N2OS+. The second kappa shape index (κ2) is 7.46. The van der Waals surface area contributed by atoms with Crippen LogP contribution in [0.4, 0.5) is 5.69 Å². The Bertz CT molecular complexity index is 575. The summed E-state index contributed by atoms with van der Waals surface area (Å²) in [6, 6.07) is 8.14.